The molecule has 0 spiro atoms. The summed E-state index contributed by atoms with van der Waals surface area (Å²) in [5.41, 5.74) is 3.05. The summed E-state index contributed by atoms with van der Waals surface area (Å²) >= 11 is 0. The summed E-state index contributed by atoms with van der Waals surface area (Å²) in [6.45, 7) is 13.5. The summed E-state index contributed by atoms with van der Waals surface area (Å²) in [5, 5.41) is 3.74. The highest BCUT2D eigenvalue weighted by atomic mass is 16.6. The van der Waals surface area contributed by atoms with Crippen molar-refractivity contribution in [3.63, 3.8) is 0 Å². The van der Waals surface area contributed by atoms with Crippen molar-refractivity contribution in [3.05, 3.63) is 35.4 Å². The molecule has 6 nitrogen and oxygen atoms in total. The van der Waals surface area contributed by atoms with Crippen LogP contribution in [0.15, 0.2) is 29.3 Å². The summed E-state index contributed by atoms with van der Waals surface area (Å²) in [7, 11) is 1.86. The average Bonchev–Trinajstić information content (AvgIpc) is 2.77. The normalized spacial score (nSPS) is 22.1. The first-order valence-electron chi connectivity index (χ1n) is 12.7. The zero-order chi connectivity index (χ0) is 24.9. The van der Waals surface area contributed by atoms with Crippen molar-refractivity contribution in [2.45, 2.75) is 103 Å². The molecule has 0 aromatic heterocycles. The first-order chi connectivity index (χ1) is 16.0. The van der Waals surface area contributed by atoms with E-state index in [0.717, 1.165) is 44.4 Å². The van der Waals surface area contributed by atoms with E-state index in [9.17, 15) is 4.79 Å². The van der Waals surface area contributed by atoms with E-state index < -0.39 is 5.60 Å². The predicted octanol–water partition coefficient (Wildman–Crippen LogP) is 5.99. The standard InChI is InChI=1S/C28H43N3O3/c1-8-33-25-14-9-20(21-15-16-28(5,6)30-19-21)17-22(25)18-29-23-10-12-24(13-11-23)31(7)26(32)34-27(2,3)4/h9,14-15,17,19,23-24,29H,8,10-13,16,18H2,1-7H3. The van der Waals surface area contributed by atoms with Crippen LogP contribution in [0.25, 0.3) is 5.57 Å². The van der Waals surface area contributed by atoms with Crippen molar-refractivity contribution in [2.24, 2.45) is 4.99 Å². The Hall–Kier alpha value is -2.34. The molecule has 3 rings (SSSR count). The van der Waals surface area contributed by atoms with Crippen molar-refractivity contribution in [2.75, 3.05) is 13.7 Å². The van der Waals surface area contributed by atoms with Gasteiger partial charge in [0.05, 0.1) is 12.1 Å². The van der Waals surface area contributed by atoms with Gasteiger partial charge >= 0.3 is 6.09 Å². The van der Waals surface area contributed by atoms with E-state index in [1.165, 1.54) is 16.7 Å². The highest BCUT2D eigenvalue weighted by Crippen LogP contribution is 2.29. The van der Waals surface area contributed by atoms with Crippen molar-refractivity contribution in [1.29, 1.82) is 0 Å². The fourth-order valence-electron chi connectivity index (χ4n) is 4.50. The molecule has 1 aliphatic carbocycles. The SMILES string of the molecule is CCOc1ccc(C2=CCC(C)(C)N=C2)cc1CNC1CCC(N(C)C(=O)OC(C)(C)C)CC1. The molecule has 1 fully saturated rings. The van der Waals surface area contributed by atoms with Crippen molar-refractivity contribution in [3.8, 4) is 5.75 Å². The number of allylic oxidation sites excluding steroid dienone is 1. The fourth-order valence-corrected chi connectivity index (χ4v) is 4.50. The van der Waals surface area contributed by atoms with Gasteiger partial charge in [-0.2, -0.15) is 0 Å². The third kappa shape index (κ3) is 7.33. The molecule has 34 heavy (non-hydrogen) atoms. The summed E-state index contributed by atoms with van der Waals surface area (Å²) in [4.78, 5) is 18.9. The maximum atomic E-state index is 12.4. The lowest BCUT2D eigenvalue weighted by molar-refractivity contribution is 0.0179. The number of carbonyl (C=O) groups is 1. The average molecular weight is 470 g/mol. The molecular formula is C28H43N3O3. The van der Waals surface area contributed by atoms with Gasteiger partial charge in [-0.1, -0.05) is 12.1 Å². The Labute approximate surface area is 205 Å². The van der Waals surface area contributed by atoms with Crippen LogP contribution in [0, 0.1) is 0 Å². The van der Waals surface area contributed by atoms with Crippen molar-refractivity contribution in [1.82, 2.24) is 10.2 Å². The quantitative estimate of drug-likeness (QED) is 0.533. The van der Waals surface area contributed by atoms with Crippen LogP contribution in [0.1, 0.15) is 84.8 Å². The van der Waals surface area contributed by atoms with Gasteiger partial charge in [-0.3, -0.25) is 4.99 Å². The molecule has 188 valence electrons. The molecule has 1 saturated carbocycles. The first-order valence-corrected chi connectivity index (χ1v) is 12.7. The van der Waals surface area contributed by atoms with Gasteiger partial charge < -0.3 is 19.7 Å². The number of nitrogens with one attached hydrogen (secondary N) is 1. The summed E-state index contributed by atoms with van der Waals surface area (Å²) in [5.74, 6) is 0.936. The lowest BCUT2D eigenvalue weighted by atomic mass is 9.90. The largest absolute Gasteiger partial charge is 0.494 e. The third-order valence-corrected chi connectivity index (χ3v) is 6.58. The number of amides is 1. The predicted molar refractivity (Wildman–Crippen MR) is 140 cm³/mol. The molecule has 0 radical (unpaired) electrons. The number of rotatable bonds is 7. The Kier molecular flexibility index (Phi) is 8.45. The van der Waals surface area contributed by atoms with Gasteiger partial charge in [0.1, 0.15) is 11.4 Å². The lowest BCUT2D eigenvalue weighted by Crippen LogP contribution is -2.44. The van der Waals surface area contributed by atoms with Gasteiger partial charge in [0.2, 0.25) is 0 Å². The minimum atomic E-state index is -0.466. The van der Waals surface area contributed by atoms with Crippen LogP contribution in [0.4, 0.5) is 4.79 Å². The van der Waals surface area contributed by atoms with E-state index in [-0.39, 0.29) is 17.7 Å². The molecule has 0 bridgehead atoms. The second-order valence-corrected chi connectivity index (χ2v) is 11.2. The minimum absolute atomic E-state index is 0.0183. The zero-order valence-electron chi connectivity index (χ0n) is 22.1. The van der Waals surface area contributed by atoms with E-state index in [2.05, 4.69) is 43.4 Å². The Morgan fingerprint density at radius 3 is 2.50 bits per heavy atom. The number of ether oxygens (including phenoxy) is 2. The van der Waals surface area contributed by atoms with Gasteiger partial charge in [0.15, 0.2) is 0 Å². The first kappa shape index (κ1) is 26.3. The molecule has 1 N–H and O–H groups in total. The van der Waals surface area contributed by atoms with E-state index in [0.29, 0.717) is 12.6 Å². The number of carbonyl (C=O) groups excluding carboxylic acids is 1. The van der Waals surface area contributed by atoms with Crippen LogP contribution < -0.4 is 10.1 Å². The number of benzene rings is 1. The second kappa shape index (κ2) is 10.9. The number of dihydropyridines is 1. The van der Waals surface area contributed by atoms with Gasteiger partial charge in [-0.15, -0.1) is 0 Å². The summed E-state index contributed by atoms with van der Waals surface area (Å²) in [6.07, 6.45) is 9.02. The molecule has 1 aromatic rings. The molecule has 1 heterocycles. The molecule has 1 aromatic carbocycles. The summed E-state index contributed by atoms with van der Waals surface area (Å²) < 4.78 is 11.5. The maximum absolute atomic E-state index is 12.4. The minimum Gasteiger partial charge on any atom is -0.494 e. The van der Waals surface area contributed by atoms with Gasteiger partial charge in [-0.05, 0) is 96.9 Å². The Bertz CT molecular complexity index is 906. The van der Waals surface area contributed by atoms with E-state index in [1.807, 2.05) is 41.0 Å². The van der Waals surface area contributed by atoms with E-state index in [4.69, 9.17) is 14.5 Å². The van der Waals surface area contributed by atoms with Crippen LogP contribution in [-0.2, 0) is 11.3 Å². The highest BCUT2D eigenvalue weighted by molar-refractivity contribution is 6.10. The second-order valence-electron chi connectivity index (χ2n) is 11.2. The molecule has 1 aliphatic heterocycles. The topological polar surface area (TPSA) is 63.2 Å². The third-order valence-electron chi connectivity index (χ3n) is 6.58. The van der Waals surface area contributed by atoms with E-state index >= 15 is 0 Å². The Balaban J connectivity index is 1.58. The maximum Gasteiger partial charge on any atom is 0.410 e. The molecule has 1 amide bonds. The zero-order valence-corrected chi connectivity index (χ0v) is 22.1. The molecule has 0 atom stereocenters. The van der Waals surface area contributed by atoms with Crippen molar-refractivity contribution >= 4 is 17.9 Å². The van der Waals surface area contributed by atoms with Crippen LogP contribution in [0.5, 0.6) is 5.75 Å². The number of hydrogen-bond acceptors (Lipinski definition) is 5. The smallest absolute Gasteiger partial charge is 0.410 e. The Morgan fingerprint density at radius 1 is 1.21 bits per heavy atom. The van der Waals surface area contributed by atoms with Crippen molar-refractivity contribution < 1.29 is 14.3 Å². The van der Waals surface area contributed by atoms with Crippen LogP contribution in [0.3, 0.4) is 0 Å². The molecule has 0 unspecified atom stereocenters. The van der Waals surface area contributed by atoms with Crippen LogP contribution in [-0.4, -0.2) is 54.1 Å². The van der Waals surface area contributed by atoms with Gasteiger partial charge in [0, 0.05) is 37.5 Å². The van der Waals surface area contributed by atoms with Gasteiger partial charge in [-0.25, -0.2) is 4.79 Å². The van der Waals surface area contributed by atoms with E-state index in [1.54, 1.807) is 4.90 Å². The van der Waals surface area contributed by atoms with Crippen LogP contribution in [0.2, 0.25) is 0 Å². The number of hydrogen-bond donors (Lipinski definition) is 1. The lowest BCUT2D eigenvalue weighted by Gasteiger charge is -2.36. The van der Waals surface area contributed by atoms with Crippen LogP contribution >= 0.6 is 0 Å². The molecule has 6 heteroatoms. The number of nitrogens with zero attached hydrogens (tertiary/aromatic N) is 2. The van der Waals surface area contributed by atoms with Gasteiger partial charge in [0.25, 0.3) is 0 Å². The fraction of sp³-hybridized carbons (Fsp3) is 0.643. The Morgan fingerprint density at radius 2 is 1.91 bits per heavy atom. The molecular weight excluding hydrogens is 426 g/mol. The highest BCUT2D eigenvalue weighted by Gasteiger charge is 2.29. The number of aliphatic imine (C=N–C) groups is 1. The monoisotopic (exact) mass is 469 g/mol. The summed E-state index contributed by atoms with van der Waals surface area (Å²) in [6, 6.07) is 7.10. The molecule has 0 saturated heterocycles. The molecule has 2 aliphatic rings.